The first kappa shape index (κ1) is 23.2. The molecule has 32 heavy (non-hydrogen) atoms. The number of piperidine rings is 1. The normalized spacial score (nSPS) is 25.8. The molecule has 1 amide bonds. The van der Waals surface area contributed by atoms with E-state index in [0.29, 0.717) is 0 Å². The standard InChI is InChI=1S/C21H19F3N2O6/c1-20(18(27)28)10-14(13-3-2-4-15(9-13)21(22,23)24)11-26(12-20,19(29)30)17-7-5-16(6-8-17)25(31)32/h2-9,14H,10-12H2,1H3,(H-,27,28,29,30)/p+1. The number of rotatable bonds is 4. The molecule has 3 unspecified atom stereocenters. The third-order valence-electron chi connectivity index (χ3n) is 5.97. The second-order valence-electron chi connectivity index (χ2n) is 8.25. The molecular weight excluding hydrogens is 433 g/mol. The van der Waals surface area contributed by atoms with Crippen LogP contribution in [-0.2, 0) is 11.0 Å². The van der Waals surface area contributed by atoms with Crippen LogP contribution in [0.5, 0.6) is 0 Å². The van der Waals surface area contributed by atoms with Crippen LogP contribution in [0.15, 0.2) is 48.5 Å². The van der Waals surface area contributed by atoms with Gasteiger partial charge in [0.1, 0.15) is 24.2 Å². The Bertz CT molecular complexity index is 1070. The maximum atomic E-state index is 13.2. The van der Waals surface area contributed by atoms with Crippen molar-refractivity contribution in [1.82, 2.24) is 4.48 Å². The fourth-order valence-corrected chi connectivity index (χ4v) is 4.37. The summed E-state index contributed by atoms with van der Waals surface area (Å²) in [6.07, 6.45) is -6.08. The van der Waals surface area contributed by atoms with E-state index in [2.05, 4.69) is 0 Å². The Morgan fingerprint density at radius 3 is 2.28 bits per heavy atom. The van der Waals surface area contributed by atoms with Gasteiger partial charge in [-0.3, -0.25) is 14.9 Å². The van der Waals surface area contributed by atoms with Crippen molar-refractivity contribution >= 4 is 23.4 Å². The number of benzene rings is 2. The Kier molecular flexibility index (Phi) is 5.73. The number of carboxylic acids is 1. The second kappa shape index (κ2) is 7.90. The van der Waals surface area contributed by atoms with E-state index < -0.39 is 44.5 Å². The van der Waals surface area contributed by atoms with E-state index in [1.54, 1.807) is 0 Å². The summed E-state index contributed by atoms with van der Waals surface area (Å²) in [5.74, 6) is -2.10. The third-order valence-corrected chi connectivity index (χ3v) is 5.97. The zero-order valence-electron chi connectivity index (χ0n) is 16.9. The summed E-state index contributed by atoms with van der Waals surface area (Å²) in [4.78, 5) is 34.9. The number of nitrogens with zero attached hydrogens (tertiary/aromatic N) is 2. The van der Waals surface area contributed by atoms with Crippen LogP contribution in [0.1, 0.15) is 30.4 Å². The monoisotopic (exact) mass is 453 g/mol. The zero-order chi connectivity index (χ0) is 23.9. The average molecular weight is 453 g/mol. The smallest absolute Gasteiger partial charge is 0.481 e. The zero-order valence-corrected chi connectivity index (χ0v) is 16.9. The van der Waals surface area contributed by atoms with Crippen molar-refractivity contribution in [3.05, 3.63) is 69.8 Å². The van der Waals surface area contributed by atoms with Gasteiger partial charge >= 0.3 is 18.2 Å². The number of carboxylic acid groups (broad SMARTS) is 2. The molecule has 0 radical (unpaired) electrons. The number of nitro groups is 1. The molecule has 8 nitrogen and oxygen atoms in total. The fourth-order valence-electron chi connectivity index (χ4n) is 4.37. The van der Waals surface area contributed by atoms with Gasteiger partial charge in [-0.05, 0) is 25.0 Å². The number of hydrogen-bond acceptors (Lipinski definition) is 4. The van der Waals surface area contributed by atoms with Crippen molar-refractivity contribution in [2.24, 2.45) is 5.41 Å². The van der Waals surface area contributed by atoms with Crippen LogP contribution >= 0.6 is 0 Å². The molecule has 0 spiro atoms. The molecule has 0 aromatic heterocycles. The molecule has 1 aliphatic heterocycles. The SMILES string of the molecule is CC1(C(=O)O)CC(c2cccc(C(F)(F)F)c2)C[N+](C(=O)O)(c2ccc([N+](=O)[O-])cc2)C1. The maximum Gasteiger partial charge on any atom is 0.518 e. The lowest BCUT2D eigenvalue weighted by molar-refractivity contribution is -0.384. The number of halogens is 3. The van der Waals surface area contributed by atoms with Gasteiger partial charge in [0, 0.05) is 30.2 Å². The number of nitro benzene ring substituents is 1. The molecule has 0 bridgehead atoms. The number of alkyl halides is 3. The lowest BCUT2D eigenvalue weighted by Crippen LogP contribution is -2.65. The number of quaternary nitrogens is 1. The number of carbonyl (C=O) groups is 2. The molecule has 3 rings (SSSR count). The number of amides is 1. The summed E-state index contributed by atoms with van der Waals surface area (Å²) in [5.41, 5.74) is -2.48. The van der Waals surface area contributed by atoms with Gasteiger partial charge in [-0.15, -0.1) is 0 Å². The van der Waals surface area contributed by atoms with E-state index >= 15 is 0 Å². The molecule has 2 aromatic carbocycles. The van der Waals surface area contributed by atoms with Crippen molar-refractivity contribution in [1.29, 1.82) is 0 Å². The van der Waals surface area contributed by atoms with E-state index in [-0.39, 0.29) is 36.4 Å². The van der Waals surface area contributed by atoms with Gasteiger partial charge in [-0.2, -0.15) is 22.4 Å². The molecule has 170 valence electrons. The van der Waals surface area contributed by atoms with Crippen LogP contribution in [0.4, 0.5) is 29.3 Å². The molecule has 2 N–H and O–H groups in total. The molecule has 11 heteroatoms. The van der Waals surface area contributed by atoms with Gasteiger partial charge in [0.05, 0.1) is 10.5 Å². The van der Waals surface area contributed by atoms with Crippen LogP contribution in [0.3, 0.4) is 0 Å². The minimum atomic E-state index is -4.61. The van der Waals surface area contributed by atoms with Crippen LogP contribution in [0, 0.1) is 15.5 Å². The molecule has 0 saturated carbocycles. The van der Waals surface area contributed by atoms with Crippen molar-refractivity contribution in [2.75, 3.05) is 13.1 Å². The summed E-state index contributed by atoms with van der Waals surface area (Å²) < 4.78 is 38.8. The minimum absolute atomic E-state index is 0.0656. The molecule has 1 saturated heterocycles. The quantitative estimate of drug-likeness (QED) is 0.387. The highest BCUT2D eigenvalue weighted by Crippen LogP contribution is 2.45. The topological polar surface area (TPSA) is 118 Å². The number of likely N-dealkylation sites (tertiary alicyclic amines) is 1. The molecule has 1 fully saturated rings. The van der Waals surface area contributed by atoms with Gasteiger partial charge < -0.3 is 10.2 Å². The fraction of sp³-hybridized carbons (Fsp3) is 0.333. The second-order valence-corrected chi connectivity index (χ2v) is 8.25. The van der Waals surface area contributed by atoms with E-state index in [9.17, 15) is 43.1 Å². The summed E-state index contributed by atoms with van der Waals surface area (Å²) in [7, 11) is 0. The van der Waals surface area contributed by atoms with Crippen LogP contribution in [0.2, 0.25) is 0 Å². The number of hydrogen-bond donors (Lipinski definition) is 2. The molecule has 0 aliphatic carbocycles. The first-order chi connectivity index (χ1) is 14.8. The third kappa shape index (κ3) is 4.15. The molecule has 3 atom stereocenters. The summed E-state index contributed by atoms with van der Waals surface area (Å²) >= 11 is 0. The Morgan fingerprint density at radius 2 is 1.78 bits per heavy atom. The van der Waals surface area contributed by atoms with Crippen LogP contribution in [0.25, 0.3) is 0 Å². The van der Waals surface area contributed by atoms with Crippen molar-refractivity contribution in [3.63, 3.8) is 0 Å². The van der Waals surface area contributed by atoms with Crippen LogP contribution in [-0.4, -0.2) is 40.3 Å². The predicted molar refractivity (Wildman–Crippen MR) is 107 cm³/mol. The van der Waals surface area contributed by atoms with E-state index in [1.807, 2.05) is 0 Å². The predicted octanol–water partition coefficient (Wildman–Crippen LogP) is 4.88. The van der Waals surface area contributed by atoms with Crippen molar-refractivity contribution in [2.45, 2.75) is 25.4 Å². The number of aliphatic carboxylic acids is 1. The Balaban J connectivity index is 2.15. The van der Waals surface area contributed by atoms with Gasteiger partial charge in [-0.25, -0.2) is 0 Å². The first-order valence-electron chi connectivity index (χ1n) is 9.55. The van der Waals surface area contributed by atoms with E-state index in [0.717, 1.165) is 24.3 Å². The Morgan fingerprint density at radius 1 is 1.16 bits per heavy atom. The largest absolute Gasteiger partial charge is 0.518 e. The highest BCUT2D eigenvalue weighted by molar-refractivity contribution is 5.84. The van der Waals surface area contributed by atoms with Gasteiger partial charge in [-0.1, -0.05) is 18.2 Å². The average Bonchev–Trinajstić information content (AvgIpc) is 2.72. The maximum absolute atomic E-state index is 13.2. The van der Waals surface area contributed by atoms with Crippen LogP contribution < -0.4 is 4.48 Å². The lowest BCUT2D eigenvalue weighted by atomic mass is 9.73. The van der Waals surface area contributed by atoms with Crippen molar-refractivity contribution < 1.29 is 37.9 Å². The van der Waals surface area contributed by atoms with Gasteiger partial charge in [0.15, 0.2) is 0 Å². The summed E-state index contributed by atoms with van der Waals surface area (Å²) in [6.45, 7) is 0.776. The summed E-state index contributed by atoms with van der Waals surface area (Å²) in [6, 6.07) is 9.12. The van der Waals surface area contributed by atoms with E-state index in [1.165, 1.54) is 31.2 Å². The summed E-state index contributed by atoms with van der Waals surface area (Å²) in [5, 5.41) is 31.0. The molecular formula is C21H20F3N2O6+. The van der Waals surface area contributed by atoms with Gasteiger partial charge in [0.25, 0.3) is 5.69 Å². The highest BCUT2D eigenvalue weighted by atomic mass is 19.4. The lowest BCUT2D eigenvalue weighted by Gasteiger charge is -2.45. The Labute approximate surface area is 180 Å². The molecule has 2 aromatic rings. The Hall–Kier alpha value is -3.47. The number of non-ortho nitro benzene ring substituents is 1. The van der Waals surface area contributed by atoms with E-state index in [4.69, 9.17) is 0 Å². The minimum Gasteiger partial charge on any atom is -0.481 e. The molecule has 1 aliphatic rings. The first-order valence-corrected chi connectivity index (χ1v) is 9.55. The highest BCUT2D eigenvalue weighted by Gasteiger charge is 2.56. The van der Waals surface area contributed by atoms with Crippen molar-refractivity contribution in [3.8, 4) is 0 Å². The van der Waals surface area contributed by atoms with Gasteiger partial charge in [0.2, 0.25) is 0 Å². The molecule has 1 heterocycles.